The molecule has 0 N–H and O–H groups in total. The molecular formula is C66H88F8N4O17. The number of carbonyl (C=O) groups excluding carboxylic acids is 9. The van der Waals surface area contributed by atoms with Crippen LogP contribution in [0, 0.1) is 11.8 Å². The topological polar surface area (TPSA) is 240 Å². The van der Waals surface area contributed by atoms with Gasteiger partial charge >= 0.3 is 48.7 Å². The van der Waals surface area contributed by atoms with Crippen molar-refractivity contribution in [3.63, 3.8) is 0 Å². The highest BCUT2D eigenvalue weighted by Gasteiger charge is 2.44. The molecule has 0 heterocycles. The average molecular weight is 1360 g/mol. The van der Waals surface area contributed by atoms with Crippen molar-refractivity contribution in [3.8, 4) is 11.5 Å². The normalized spacial score (nSPS) is 14.7. The molecule has 3 aromatic rings. The highest BCUT2D eigenvalue weighted by atomic mass is 19.4. The van der Waals surface area contributed by atoms with E-state index in [4.69, 9.17) is 28.4 Å². The van der Waals surface area contributed by atoms with E-state index in [2.05, 4.69) is 9.47 Å². The Kier molecular flexibility index (Phi) is 29.3. The van der Waals surface area contributed by atoms with E-state index in [-0.39, 0.29) is 36.5 Å². The van der Waals surface area contributed by atoms with Gasteiger partial charge in [0.25, 0.3) is 17.7 Å². The number of benzene rings is 3. The third-order valence-electron chi connectivity index (χ3n) is 14.1. The zero-order valence-electron chi connectivity index (χ0n) is 56.5. The number of hydrogen-bond donors (Lipinski definition) is 0. The first-order chi connectivity index (χ1) is 43.5. The van der Waals surface area contributed by atoms with Crippen molar-refractivity contribution in [1.82, 2.24) is 19.6 Å². The number of rotatable bonds is 32. The molecular weight excluding hydrogens is 1270 g/mol. The zero-order valence-corrected chi connectivity index (χ0v) is 56.5. The molecule has 530 valence electrons. The van der Waals surface area contributed by atoms with Crippen molar-refractivity contribution in [2.24, 2.45) is 11.8 Å². The SMILES string of the molecule is CC(C)C[C@@H](C(=O)O[C@@H](C)C(=O)N(C)[C@@H](CC(C)(C)F)C(=O)O[C@@H](Cc1ccc(OC(F)(F)F)cc1)C(=O)N(C)[C@@H](CC(C)C)C(=O)O[C@@H](C)C(=O)N(C)[C@@H](CC(C)(C)F)C(=O)O[C@@H](Cc1ccc(OC(F)(F)F)cc1)C(=O)OCc1ccccc1)N(C)C(=O)OC(C)(C)C. The number of likely N-dealkylation sites (N-methyl/N-ethyl adjacent to an activating group) is 4. The molecule has 0 aliphatic heterocycles. The van der Waals surface area contributed by atoms with E-state index in [1.807, 2.05) is 0 Å². The predicted octanol–water partition coefficient (Wildman–Crippen LogP) is 10.8. The summed E-state index contributed by atoms with van der Waals surface area (Å²) in [7, 11) is 4.51. The Labute approximate surface area is 548 Å². The molecule has 0 bridgehead atoms. The van der Waals surface area contributed by atoms with Gasteiger partial charge in [-0.05, 0) is 128 Å². The lowest BCUT2D eigenvalue weighted by Crippen LogP contribution is -2.54. The molecule has 0 saturated carbocycles. The number of alkyl halides is 8. The van der Waals surface area contributed by atoms with Gasteiger partial charge in [0, 0.05) is 53.9 Å². The maximum atomic E-state index is 15.8. The molecule has 0 radical (unpaired) electrons. The van der Waals surface area contributed by atoms with Crippen molar-refractivity contribution in [2.45, 2.75) is 213 Å². The Hall–Kier alpha value is -8.27. The van der Waals surface area contributed by atoms with E-state index in [0.29, 0.717) is 10.5 Å². The molecule has 3 rings (SSSR count). The van der Waals surface area contributed by atoms with E-state index in [1.165, 1.54) is 7.05 Å². The summed E-state index contributed by atoms with van der Waals surface area (Å²) in [6, 6.07) is 9.73. The van der Waals surface area contributed by atoms with Crippen molar-refractivity contribution < 1.29 is 116 Å². The fourth-order valence-corrected chi connectivity index (χ4v) is 9.42. The summed E-state index contributed by atoms with van der Waals surface area (Å²) in [5.74, 6) is -11.6. The number of ether oxygens (including phenoxy) is 8. The molecule has 4 amide bonds. The molecule has 8 atom stereocenters. The third kappa shape index (κ3) is 28.3. The van der Waals surface area contributed by atoms with E-state index in [0.717, 1.165) is 126 Å². The van der Waals surface area contributed by atoms with Crippen LogP contribution in [0.4, 0.5) is 39.9 Å². The van der Waals surface area contributed by atoms with Gasteiger partial charge in [-0.15, -0.1) is 26.3 Å². The van der Waals surface area contributed by atoms with Crippen LogP contribution >= 0.6 is 0 Å². The zero-order chi connectivity index (χ0) is 72.5. The summed E-state index contributed by atoms with van der Waals surface area (Å²) in [5, 5.41) is 0. The van der Waals surface area contributed by atoms with Gasteiger partial charge in [-0.3, -0.25) is 19.3 Å². The smallest absolute Gasteiger partial charge is 0.458 e. The summed E-state index contributed by atoms with van der Waals surface area (Å²) >= 11 is 0. The lowest BCUT2D eigenvalue weighted by Gasteiger charge is -2.35. The number of nitrogens with zero attached hydrogens (tertiary/aromatic N) is 4. The fourth-order valence-electron chi connectivity index (χ4n) is 9.42. The van der Waals surface area contributed by atoms with E-state index in [9.17, 15) is 69.5 Å². The van der Waals surface area contributed by atoms with Gasteiger partial charge in [0.1, 0.15) is 59.2 Å². The standard InChI is InChI=1S/C66H88F8N4O17/c1-38(2)31-47(56(82)89-40(5)53(79)77(16)50(36-64(12,13)68)59(85)92-52(60(86)88-37-44-21-19-18-20-22-44)34-43-25-29-46(30-26-43)94-66(72,73)74)75(14)55(81)51(33-42-23-27-45(28-24-42)93-65(69,70)71)91-58(84)49(35-63(10,11)67)76(15)54(80)41(6)90-57(83)48(32-39(3)4)78(17)61(87)95-62(7,8)9/h18-30,38-41,47-52H,31-37H2,1-17H3/t40-,41-,47-,48-,49-,50-,51-,52-/m0/s1. The molecule has 95 heavy (non-hydrogen) atoms. The molecule has 29 heteroatoms. The average Bonchev–Trinajstić information content (AvgIpc) is 0.837. The maximum Gasteiger partial charge on any atom is 0.573 e. The van der Waals surface area contributed by atoms with Crippen LogP contribution in [0.15, 0.2) is 78.9 Å². The molecule has 0 aliphatic rings. The van der Waals surface area contributed by atoms with Crippen LogP contribution in [0.2, 0.25) is 0 Å². The minimum Gasteiger partial charge on any atom is -0.458 e. The van der Waals surface area contributed by atoms with Gasteiger partial charge in [0.15, 0.2) is 18.3 Å². The number of carbonyl (C=O) groups is 9. The van der Waals surface area contributed by atoms with E-state index < -0.39 is 175 Å². The first-order valence-electron chi connectivity index (χ1n) is 30.4. The maximum absolute atomic E-state index is 15.8. The predicted molar refractivity (Wildman–Crippen MR) is 327 cm³/mol. The lowest BCUT2D eigenvalue weighted by molar-refractivity contribution is -0.275. The lowest BCUT2D eigenvalue weighted by atomic mass is 9.98. The van der Waals surface area contributed by atoms with Gasteiger partial charge in [-0.1, -0.05) is 82.3 Å². The largest absolute Gasteiger partial charge is 0.573 e. The Morgan fingerprint density at radius 1 is 0.411 bits per heavy atom. The second-order valence-corrected chi connectivity index (χ2v) is 26.0. The Balaban J connectivity index is 2.03. The molecule has 21 nitrogen and oxygen atoms in total. The van der Waals surface area contributed by atoms with Crippen LogP contribution in [0.1, 0.15) is 132 Å². The molecule has 0 unspecified atom stereocenters. The second-order valence-electron chi connectivity index (χ2n) is 26.0. The quantitative estimate of drug-likeness (QED) is 0.0321. The minimum atomic E-state index is -5.11. The number of halogens is 8. The van der Waals surface area contributed by atoms with Crippen LogP contribution < -0.4 is 9.47 Å². The molecule has 0 spiro atoms. The van der Waals surface area contributed by atoms with Crippen molar-refractivity contribution >= 4 is 53.7 Å². The Bertz CT molecular complexity index is 3060. The summed E-state index contributed by atoms with van der Waals surface area (Å²) in [5.41, 5.74) is -4.77. The summed E-state index contributed by atoms with van der Waals surface area (Å²) < 4.78 is 152. The van der Waals surface area contributed by atoms with Gasteiger partial charge in [0.2, 0.25) is 6.10 Å². The monoisotopic (exact) mass is 1360 g/mol. The number of hydrogen-bond acceptors (Lipinski definition) is 17. The molecule has 0 aromatic heterocycles. The molecule has 0 saturated heterocycles. The second kappa shape index (κ2) is 34.4. The third-order valence-corrected chi connectivity index (χ3v) is 14.1. The minimum absolute atomic E-state index is 0.0394. The molecule has 0 aliphatic carbocycles. The first-order valence-corrected chi connectivity index (χ1v) is 30.4. The van der Waals surface area contributed by atoms with Crippen LogP contribution in [0.25, 0.3) is 0 Å². The van der Waals surface area contributed by atoms with Gasteiger partial charge < -0.3 is 52.6 Å². The molecule has 3 aromatic carbocycles. The van der Waals surface area contributed by atoms with Gasteiger partial charge in [-0.25, -0.2) is 37.5 Å². The Morgan fingerprint density at radius 3 is 1.12 bits per heavy atom. The van der Waals surface area contributed by atoms with Crippen molar-refractivity contribution in [1.29, 1.82) is 0 Å². The fraction of sp³-hybridized carbons (Fsp3) is 0.591. The number of amides is 4. The van der Waals surface area contributed by atoms with E-state index in [1.54, 1.807) is 78.8 Å². The van der Waals surface area contributed by atoms with Crippen LogP contribution in [-0.4, -0.2) is 180 Å². The van der Waals surface area contributed by atoms with Crippen molar-refractivity contribution in [3.05, 3.63) is 95.6 Å². The summed E-state index contributed by atoms with van der Waals surface area (Å²) in [6.45, 7) is 17.8. The van der Waals surface area contributed by atoms with Crippen molar-refractivity contribution in [2.75, 3.05) is 28.2 Å². The van der Waals surface area contributed by atoms with Gasteiger partial charge in [0.05, 0.1) is 0 Å². The Morgan fingerprint density at radius 2 is 0.758 bits per heavy atom. The molecule has 0 fully saturated rings. The van der Waals surface area contributed by atoms with Crippen LogP contribution in [-0.2, 0) is 86.2 Å². The van der Waals surface area contributed by atoms with Crippen LogP contribution in [0.5, 0.6) is 11.5 Å². The first kappa shape index (κ1) is 81.0. The van der Waals surface area contributed by atoms with E-state index >= 15 is 8.78 Å². The number of esters is 5. The summed E-state index contributed by atoms with van der Waals surface area (Å²) in [6.07, 6.45) is -21.4. The highest BCUT2D eigenvalue weighted by molar-refractivity contribution is 5.93. The highest BCUT2D eigenvalue weighted by Crippen LogP contribution is 2.29. The van der Waals surface area contributed by atoms with Crippen LogP contribution in [0.3, 0.4) is 0 Å². The summed E-state index contributed by atoms with van der Waals surface area (Å²) in [4.78, 5) is 131. The van der Waals surface area contributed by atoms with Gasteiger partial charge in [-0.2, -0.15) is 0 Å².